The molecule has 3 heteroatoms. The lowest BCUT2D eigenvalue weighted by Crippen LogP contribution is -2.34. The number of thioether (sulfide) groups is 1. The molecule has 0 radical (unpaired) electrons. The van der Waals surface area contributed by atoms with Crippen molar-refractivity contribution in [1.82, 2.24) is 10.6 Å². The van der Waals surface area contributed by atoms with E-state index < -0.39 is 0 Å². The topological polar surface area (TPSA) is 24.1 Å². The van der Waals surface area contributed by atoms with Crippen LogP contribution < -0.4 is 10.6 Å². The normalized spacial score (nSPS) is 25.5. The van der Waals surface area contributed by atoms with E-state index in [9.17, 15) is 0 Å². The van der Waals surface area contributed by atoms with E-state index >= 15 is 0 Å². The van der Waals surface area contributed by atoms with Crippen molar-refractivity contribution in [3.63, 3.8) is 0 Å². The number of hydrogen-bond donors (Lipinski definition) is 2. The van der Waals surface area contributed by atoms with Gasteiger partial charge in [0.2, 0.25) is 0 Å². The molecule has 1 atom stereocenters. The van der Waals surface area contributed by atoms with E-state index in [1.54, 1.807) is 0 Å². The molecule has 1 aliphatic rings. The molecular weight excluding hydrogens is 216 g/mol. The summed E-state index contributed by atoms with van der Waals surface area (Å²) in [4.78, 5) is 0. The second-order valence-electron chi connectivity index (χ2n) is 5.53. The van der Waals surface area contributed by atoms with Crippen molar-refractivity contribution >= 4 is 11.8 Å². The van der Waals surface area contributed by atoms with E-state index in [4.69, 9.17) is 0 Å². The molecule has 1 rings (SSSR count). The number of hydrogen-bond acceptors (Lipinski definition) is 3. The van der Waals surface area contributed by atoms with Crippen LogP contribution >= 0.6 is 11.8 Å². The molecule has 0 aromatic heterocycles. The van der Waals surface area contributed by atoms with Crippen molar-refractivity contribution in [3.05, 3.63) is 0 Å². The Morgan fingerprint density at radius 2 is 2.00 bits per heavy atom. The molecule has 16 heavy (non-hydrogen) atoms. The maximum absolute atomic E-state index is 3.60. The third kappa shape index (κ3) is 6.12. The Bertz CT molecular complexity index is 177. The van der Waals surface area contributed by atoms with Crippen LogP contribution in [0.4, 0.5) is 0 Å². The molecular formula is C13H28N2S. The highest BCUT2D eigenvalue weighted by Crippen LogP contribution is 2.36. The molecule has 1 aliphatic heterocycles. The minimum atomic E-state index is 0.519. The monoisotopic (exact) mass is 244 g/mol. The first-order valence-electron chi connectivity index (χ1n) is 6.68. The van der Waals surface area contributed by atoms with Gasteiger partial charge in [-0.2, -0.15) is 11.8 Å². The summed E-state index contributed by atoms with van der Waals surface area (Å²) in [7, 11) is 0. The summed E-state index contributed by atoms with van der Waals surface area (Å²) in [6.07, 6.45) is 4.03. The molecule has 1 heterocycles. The van der Waals surface area contributed by atoms with E-state index in [1.807, 2.05) is 0 Å². The molecule has 2 nitrogen and oxygen atoms in total. The predicted molar refractivity (Wildman–Crippen MR) is 75.3 cm³/mol. The fourth-order valence-electron chi connectivity index (χ4n) is 2.06. The van der Waals surface area contributed by atoms with E-state index in [0.29, 0.717) is 4.75 Å². The van der Waals surface area contributed by atoms with Gasteiger partial charge < -0.3 is 10.6 Å². The SMILES string of the molecule is CC(C)CNCCCNCC1(C)CCCS1. The van der Waals surface area contributed by atoms with Gasteiger partial charge in [0.05, 0.1) is 0 Å². The zero-order chi connectivity index (χ0) is 11.9. The zero-order valence-corrected chi connectivity index (χ0v) is 12.0. The van der Waals surface area contributed by atoms with Crippen LogP contribution in [-0.4, -0.2) is 36.7 Å². The van der Waals surface area contributed by atoms with Gasteiger partial charge in [-0.15, -0.1) is 0 Å². The largest absolute Gasteiger partial charge is 0.316 e. The van der Waals surface area contributed by atoms with Crippen LogP contribution in [-0.2, 0) is 0 Å². The summed E-state index contributed by atoms with van der Waals surface area (Å²) in [6.45, 7) is 11.5. The minimum Gasteiger partial charge on any atom is -0.316 e. The molecule has 1 fully saturated rings. The maximum atomic E-state index is 3.60. The molecule has 2 N–H and O–H groups in total. The molecule has 0 saturated carbocycles. The van der Waals surface area contributed by atoms with Gasteiger partial charge in [-0.1, -0.05) is 13.8 Å². The van der Waals surface area contributed by atoms with Crippen molar-refractivity contribution in [1.29, 1.82) is 0 Å². The van der Waals surface area contributed by atoms with Crippen molar-refractivity contribution < 1.29 is 0 Å². The molecule has 0 amide bonds. The van der Waals surface area contributed by atoms with Gasteiger partial charge in [0, 0.05) is 11.3 Å². The Kier molecular flexibility index (Phi) is 6.78. The summed E-state index contributed by atoms with van der Waals surface area (Å²) in [5.74, 6) is 2.12. The van der Waals surface area contributed by atoms with Crippen molar-refractivity contribution in [2.24, 2.45) is 5.92 Å². The van der Waals surface area contributed by atoms with E-state index in [1.165, 1.54) is 31.6 Å². The summed E-state index contributed by atoms with van der Waals surface area (Å²) in [5, 5.41) is 7.07. The first kappa shape index (κ1) is 14.3. The average molecular weight is 244 g/mol. The molecule has 0 spiro atoms. The lowest BCUT2D eigenvalue weighted by molar-refractivity contribution is 0.505. The van der Waals surface area contributed by atoms with Crippen LogP contribution in [0, 0.1) is 5.92 Å². The van der Waals surface area contributed by atoms with Crippen molar-refractivity contribution in [2.45, 2.75) is 44.8 Å². The first-order chi connectivity index (χ1) is 7.62. The van der Waals surface area contributed by atoms with Gasteiger partial charge in [0.1, 0.15) is 0 Å². The van der Waals surface area contributed by atoms with Gasteiger partial charge in [0.15, 0.2) is 0 Å². The molecule has 1 unspecified atom stereocenters. The molecule has 0 aromatic carbocycles. The van der Waals surface area contributed by atoms with Crippen LogP contribution in [0.3, 0.4) is 0 Å². The van der Waals surface area contributed by atoms with Crippen molar-refractivity contribution in [3.8, 4) is 0 Å². The second kappa shape index (κ2) is 7.57. The van der Waals surface area contributed by atoms with E-state index in [2.05, 4.69) is 43.2 Å². The van der Waals surface area contributed by atoms with Crippen LogP contribution in [0.15, 0.2) is 0 Å². The maximum Gasteiger partial charge on any atom is 0.0256 e. The molecule has 1 saturated heterocycles. The van der Waals surface area contributed by atoms with Gasteiger partial charge in [0.25, 0.3) is 0 Å². The highest BCUT2D eigenvalue weighted by Gasteiger charge is 2.28. The summed E-state index contributed by atoms with van der Waals surface area (Å²) >= 11 is 2.14. The van der Waals surface area contributed by atoms with Crippen LogP contribution in [0.1, 0.15) is 40.0 Å². The Hall–Kier alpha value is 0.270. The lowest BCUT2D eigenvalue weighted by Gasteiger charge is -2.23. The average Bonchev–Trinajstić information content (AvgIpc) is 2.64. The highest BCUT2D eigenvalue weighted by atomic mass is 32.2. The lowest BCUT2D eigenvalue weighted by atomic mass is 10.1. The molecule has 96 valence electrons. The molecule has 0 aliphatic carbocycles. The quantitative estimate of drug-likeness (QED) is 0.642. The highest BCUT2D eigenvalue weighted by molar-refractivity contribution is 8.00. The smallest absolute Gasteiger partial charge is 0.0256 e. The fourth-order valence-corrected chi connectivity index (χ4v) is 3.33. The number of rotatable bonds is 8. The Morgan fingerprint density at radius 1 is 1.25 bits per heavy atom. The number of nitrogens with one attached hydrogen (secondary N) is 2. The fraction of sp³-hybridized carbons (Fsp3) is 1.00. The van der Waals surface area contributed by atoms with Gasteiger partial charge in [-0.3, -0.25) is 0 Å². The van der Waals surface area contributed by atoms with Crippen LogP contribution in [0.25, 0.3) is 0 Å². The predicted octanol–water partition coefficient (Wildman–Crippen LogP) is 2.50. The Morgan fingerprint density at radius 3 is 2.62 bits per heavy atom. The van der Waals surface area contributed by atoms with E-state index in [0.717, 1.165) is 25.6 Å². The third-order valence-electron chi connectivity index (χ3n) is 3.06. The summed E-state index contributed by atoms with van der Waals surface area (Å²) in [6, 6.07) is 0. The van der Waals surface area contributed by atoms with Gasteiger partial charge >= 0.3 is 0 Å². The zero-order valence-electron chi connectivity index (χ0n) is 11.1. The molecule has 0 aromatic rings. The Balaban J connectivity index is 1.88. The van der Waals surface area contributed by atoms with Crippen LogP contribution in [0.2, 0.25) is 0 Å². The second-order valence-corrected chi connectivity index (χ2v) is 7.21. The third-order valence-corrected chi connectivity index (χ3v) is 4.60. The van der Waals surface area contributed by atoms with E-state index in [-0.39, 0.29) is 0 Å². The van der Waals surface area contributed by atoms with Gasteiger partial charge in [-0.25, -0.2) is 0 Å². The summed E-state index contributed by atoms with van der Waals surface area (Å²) < 4.78 is 0.519. The Labute approximate surface area is 105 Å². The van der Waals surface area contributed by atoms with Crippen molar-refractivity contribution in [2.75, 3.05) is 31.9 Å². The standard InChI is InChI=1S/C13H28N2S/c1-12(2)10-14-7-5-8-15-11-13(3)6-4-9-16-13/h12,14-15H,4-11H2,1-3H3. The first-order valence-corrected chi connectivity index (χ1v) is 7.66. The van der Waals surface area contributed by atoms with Crippen LogP contribution in [0.5, 0.6) is 0 Å². The minimum absolute atomic E-state index is 0.519. The van der Waals surface area contributed by atoms with Gasteiger partial charge in [-0.05, 0) is 57.5 Å². The summed E-state index contributed by atoms with van der Waals surface area (Å²) in [5.41, 5.74) is 0. The molecule has 0 bridgehead atoms.